The predicted molar refractivity (Wildman–Crippen MR) is 58.8 cm³/mol. The number of aromatic nitrogens is 2. The lowest BCUT2D eigenvalue weighted by molar-refractivity contribution is 0.224. The molecule has 0 aliphatic heterocycles. The number of rotatable bonds is 6. The minimum Gasteiger partial charge on any atom is -0.476 e. The minimum absolute atomic E-state index is 0.125. The Balaban J connectivity index is 2.69. The second kappa shape index (κ2) is 5.60. The molecule has 0 aliphatic rings. The maximum Gasteiger partial charge on any atom is 0.235 e. The molecule has 1 aromatic heterocycles. The van der Waals surface area contributed by atoms with Gasteiger partial charge in [0, 0.05) is 20.1 Å². The molecule has 0 saturated heterocycles. The van der Waals surface area contributed by atoms with Gasteiger partial charge in [0.05, 0.1) is 12.3 Å². The zero-order valence-electron chi connectivity index (χ0n) is 9.36. The van der Waals surface area contributed by atoms with E-state index in [4.69, 9.17) is 15.6 Å². The van der Waals surface area contributed by atoms with Crippen molar-refractivity contribution in [2.24, 2.45) is 7.05 Å². The molecule has 3 N–H and O–H groups in total. The van der Waals surface area contributed by atoms with E-state index in [1.807, 2.05) is 7.05 Å². The maximum atomic E-state index is 8.64. The molecule has 1 heterocycles. The van der Waals surface area contributed by atoms with Crippen LogP contribution in [0.3, 0.4) is 0 Å². The van der Waals surface area contributed by atoms with Gasteiger partial charge in [0.2, 0.25) is 5.88 Å². The molecule has 5 nitrogen and oxygen atoms in total. The van der Waals surface area contributed by atoms with Gasteiger partial charge < -0.3 is 15.6 Å². The number of ether oxygens (including phenoxy) is 1. The summed E-state index contributed by atoms with van der Waals surface area (Å²) in [6.07, 6.45) is 2.48. The first-order valence-corrected chi connectivity index (χ1v) is 5.25. The highest BCUT2D eigenvalue weighted by Crippen LogP contribution is 2.25. The fraction of sp³-hybridized carbons (Fsp3) is 0.700. The van der Waals surface area contributed by atoms with E-state index < -0.39 is 0 Å². The highest BCUT2D eigenvalue weighted by Gasteiger charge is 2.13. The Kier molecular flexibility index (Phi) is 4.42. The van der Waals surface area contributed by atoms with Gasteiger partial charge in [0.15, 0.2) is 0 Å². The van der Waals surface area contributed by atoms with E-state index in [1.54, 1.807) is 4.68 Å². The second-order valence-electron chi connectivity index (χ2n) is 3.46. The summed E-state index contributed by atoms with van der Waals surface area (Å²) in [4.78, 5) is 0. The van der Waals surface area contributed by atoms with Crippen molar-refractivity contribution in [3.8, 4) is 5.88 Å². The van der Waals surface area contributed by atoms with Crippen molar-refractivity contribution in [2.45, 2.75) is 26.2 Å². The minimum atomic E-state index is 0.125. The maximum absolute atomic E-state index is 8.64. The normalized spacial score (nSPS) is 10.6. The molecular weight excluding hydrogens is 194 g/mol. The van der Waals surface area contributed by atoms with Gasteiger partial charge in [-0.25, -0.2) is 4.68 Å². The SMILES string of the molecule is CCCc1nn(C)c(OCCCO)c1N. The average Bonchev–Trinajstić information content (AvgIpc) is 2.46. The Morgan fingerprint density at radius 3 is 2.87 bits per heavy atom. The van der Waals surface area contributed by atoms with Crippen LogP contribution < -0.4 is 10.5 Å². The fourth-order valence-electron chi connectivity index (χ4n) is 1.40. The summed E-state index contributed by atoms with van der Waals surface area (Å²) < 4.78 is 7.10. The van der Waals surface area contributed by atoms with Crippen LogP contribution in [-0.2, 0) is 13.5 Å². The lowest BCUT2D eigenvalue weighted by Gasteiger charge is -2.05. The van der Waals surface area contributed by atoms with E-state index >= 15 is 0 Å². The first kappa shape index (κ1) is 11.8. The topological polar surface area (TPSA) is 73.3 Å². The number of anilines is 1. The molecule has 0 bridgehead atoms. The molecule has 15 heavy (non-hydrogen) atoms. The molecule has 0 aromatic carbocycles. The van der Waals surface area contributed by atoms with E-state index in [2.05, 4.69) is 12.0 Å². The molecule has 5 heteroatoms. The largest absolute Gasteiger partial charge is 0.476 e. The van der Waals surface area contributed by atoms with Gasteiger partial charge in [-0.1, -0.05) is 13.3 Å². The number of hydrogen-bond acceptors (Lipinski definition) is 4. The highest BCUT2D eigenvalue weighted by atomic mass is 16.5. The van der Waals surface area contributed by atoms with Crippen LogP contribution in [0.1, 0.15) is 25.5 Å². The average molecular weight is 213 g/mol. The van der Waals surface area contributed by atoms with Gasteiger partial charge in [-0.2, -0.15) is 5.10 Å². The van der Waals surface area contributed by atoms with E-state index in [0.717, 1.165) is 18.5 Å². The summed E-state index contributed by atoms with van der Waals surface area (Å²) in [7, 11) is 1.81. The molecule has 0 aliphatic carbocycles. The number of aliphatic hydroxyl groups excluding tert-OH is 1. The van der Waals surface area contributed by atoms with Gasteiger partial charge in [-0.05, 0) is 6.42 Å². The molecule has 0 unspecified atom stereocenters. The molecule has 0 spiro atoms. The number of nitrogen functional groups attached to an aromatic ring is 1. The van der Waals surface area contributed by atoms with Gasteiger partial charge >= 0.3 is 0 Å². The van der Waals surface area contributed by atoms with Crippen molar-refractivity contribution in [1.29, 1.82) is 0 Å². The summed E-state index contributed by atoms with van der Waals surface area (Å²) in [5.74, 6) is 0.604. The smallest absolute Gasteiger partial charge is 0.235 e. The van der Waals surface area contributed by atoms with E-state index in [0.29, 0.717) is 24.6 Å². The van der Waals surface area contributed by atoms with Crippen LogP contribution in [0.15, 0.2) is 0 Å². The lowest BCUT2D eigenvalue weighted by atomic mass is 10.2. The standard InChI is InChI=1S/C10H19N3O2/c1-3-5-8-9(11)10(13(2)12-8)15-7-4-6-14/h14H,3-7,11H2,1-2H3. The lowest BCUT2D eigenvalue weighted by Crippen LogP contribution is -2.05. The van der Waals surface area contributed by atoms with Crippen LogP contribution in [-0.4, -0.2) is 28.1 Å². The number of nitrogens with zero attached hydrogens (tertiary/aromatic N) is 2. The number of hydrogen-bond donors (Lipinski definition) is 2. The van der Waals surface area contributed by atoms with Crippen molar-refractivity contribution >= 4 is 5.69 Å². The summed E-state index contributed by atoms with van der Waals surface area (Å²) in [6.45, 7) is 2.67. The van der Waals surface area contributed by atoms with Crippen LogP contribution >= 0.6 is 0 Å². The Labute approximate surface area is 89.8 Å². The summed E-state index contributed by atoms with van der Waals surface area (Å²) in [5, 5.41) is 12.9. The van der Waals surface area contributed by atoms with Gasteiger partial charge in [-0.15, -0.1) is 0 Å². The Hall–Kier alpha value is -1.23. The number of aryl methyl sites for hydroxylation is 2. The van der Waals surface area contributed by atoms with Crippen LogP contribution in [0.5, 0.6) is 5.88 Å². The van der Waals surface area contributed by atoms with E-state index in [1.165, 1.54) is 0 Å². The van der Waals surface area contributed by atoms with Crippen LogP contribution in [0, 0.1) is 0 Å². The van der Waals surface area contributed by atoms with Crippen LogP contribution in [0.4, 0.5) is 5.69 Å². The zero-order valence-corrected chi connectivity index (χ0v) is 9.36. The third-order valence-corrected chi connectivity index (χ3v) is 2.13. The second-order valence-corrected chi connectivity index (χ2v) is 3.46. The number of aliphatic hydroxyl groups is 1. The molecule has 0 saturated carbocycles. The summed E-state index contributed by atoms with van der Waals surface area (Å²) >= 11 is 0. The van der Waals surface area contributed by atoms with Crippen LogP contribution in [0.25, 0.3) is 0 Å². The van der Waals surface area contributed by atoms with Crippen molar-refractivity contribution in [2.75, 3.05) is 18.9 Å². The molecule has 1 rings (SSSR count). The fourth-order valence-corrected chi connectivity index (χ4v) is 1.40. The highest BCUT2D eigenvalue weighted by molar-refractivity contribution is 5.53. The first-order valence-electron chi connectivity index (χ1n) is 5.25. The monoisotopic (exact) mass is 213 g/mol. The van der Waals surface area contributed by atoms with Gasteiger partial charge in [0.25, 0.3) is 0 Å². The molecule has 0 atom stereocenters. The molecule has 0 amide bonds. The van der Waals surface area contributed by atoms with Crippen molar-refractivity contribution in [1.82, 2.24) is 9.78 Å². The molecule has 86 valence electrons. The quantitative estimate of drug-likeness (QED) is 0.683. The van der Waals surface area contributed by atoms with E-state index in [9.17, 15) is 0 Å². The van der Waals surface area contributed by atoms with Crippen molar-refractivity contribution in [3.05, 3.63) is 5.69 Å². The van der Waals surface area contributed by atoms with Crippen molar-refractivity contribution < 1.29 is 9.84 Å². The molecular formula is C10H19N3O2. The van der Waals surface area contributed by atoms with Crippen LogP contribution in [0.2, 0.25) is 0 Å². The molecule has 0 radical (unpaired) electrons. The summed E-state index contributed by atoms with van der Waals surface area (Å²) in [6, 6.07) is 0. The Bertz CT molecular complexity index is 310. The first-order chi connectivity index (χ1) is 7.20. The predicted octanol–water partition coefficient (Wildman–Crippen LogP) is 0.716. The molecule has 0 fully saturated rings. The number of nitrogens with two attached hydrogens (primary N) is 1. The third kappa shape index (κ3) is 2.86. The molecule has 1 aromatic rings. The van der Waals surface area contributed by atoms with Gasteiger partial charge in [0.1, 0.15) is 5.69 Å². The van der Waals surface area contributed by atoms with E-state index in [-0.39, 0.29) is 6.61 Å². The Morgan fingerprint density at radius 1 is 1.53 bits per heavy atom. The van der Waals surface area contributed by atoms with Crippen molar-refractivity contribution in [3.63, 3.8) is 0 Å². The zero-order chi connectivity index (χ0) is 11.3. The third-order valence-electron chi connectivity index (χ3n) is 2.13. The van der Waals surface area contributed by atoms with Gasteiger partial charge in [-0.3, -0.25) is 0 Å². The summed E-state index contributed by atoms with van der Waals surface area (Å²) in [5.41, 5.74) is 7.41. The Morgan fingerprint density at radius 2 is 2.27 bits per heavy atom.